The van der Waals surface area contributed by atoms with Gasteiger partial charge in [0, 0.05) is 17.6 Å². The van der Waals surface area contributed by atoms with E-state index in [0.717, 1.165) is 17.6 Å². The zero-order chi connectivity index (χ0) is 19.2. The van der Waals surface area contributed by atoms with E-state index >= 15 is 0 Å². The molecule has 0 spiro atoms. The second-order valence-corrected chi connectivity index (χ2v) is 9.70. The Bertz CT molecular complexity index is 900. The van der Waals surface area contributed by atoms with Crippen LogP contribution >= 0.6 is 0 Å². The van der Waals surface area contributed by atoms with Crippen LogP contribution in [0.1, 0.15) is 74.9 Å². The number of hydrogen-bond acceptors (Lipinski definition) is 1. The van der Waals surface area contributed by atoms with Gasteiger partial charge in [-0.3, -0.25) is 4.79 Å². The quantitative estimate of drug-likeness (QED) is 0.534. The fourth-order valence-electron chi connectivity index (χ4n) is 4.72. The third kappa shape index (κ3) is 3.40. The van der Waals surface area contributed by atoms with Crippen molar-refractivity contribution < 1.29 is 4.79 Å². The minimum Gasteiger partial charge on any atom is -0.289 e. The summed E-state index contributed by atoms with van der Waals surface area (Å²) < 4.78 is 0. The molecule has 1 fully saturated rings. The van der Waals surface area contributed by atoms with Gasteiger partial charge in [-0.2, -0.15) is 0 Å². The Labute approximate surface area is 163 Å². The number of ketones is 1. The standard InChI is InChI=1S/C26H30O/c1-25(2,3)20-12-10-18(11-13-20)21-8-7-9-22-23(21)16-19(24(22)27)17-26(4)14-5-6-15-26/h7-13,17H,5-6,14-16H2,1-4H3/b19-17+. The largest absolute Gasteiger partial charge is 0.289 e. The molecule has 0 bridgehead atoms. The lowest BCUT2D eigenvalue weighted by Gasteiger charge is -2.19. The lowest BCUT2D eigenvalue weighted by Crippen LogP contribution is -2.10. The highest BCUT2D eigenvalue weighted by molar-refractivity contribution is 6.14. The van der Waals surface area contributed by atoms with E-state index in [9.17, 15) is 4.79 Å². The van der Waals surface area contributed by atoms with Crippen molar-refractivity contribution >= 4 is 5.78 Å². The number of rotatable bonds is 2. The fraction of sp³-hybridized carbons (Fsp3) is 0.423. The zero-order valence-electron chi connectivity index (χ0n) is 17.1. The molecule has 2 aliphatic rings. The first-order chi connectivity index (χ1) is 12.8. The van der Waals surface area contributed by atoms with Crippen molar-refractivity contribution in [2.75, 3.05) is 0 Å². The number of allylic oxidation sites excluding steroid dienone is 2. The van der Waals surface area contributed by atoms with Crippen molar-refractivity contribution in [1.29, 1.82) is 0 Å². The summed E-state index contributed by atoms with van der Waals surface area (Å²) in [5.41, 5.74) is 7.24. The third-order valence-electron chi connectivity index (χ3n) is 6.41. The average Bonchev–Trinajstić information content (AvgIpc) is 3.19. The molecular formula is C26H30O. The van der Waals surface area contributed by atoms with Crippen LogP contribution in [0.3, 0.4) is 0 Å². The molecule has 0 atom stereocenters. The zero-order valence-corrected chi connectivity index (χ0v) is 17.1. The summed E-state index contributed by atoms with van der Waals surface area (Å²) in [7, 11) is 0. The summed E-state index contributed by atoms with van der Waals surface area (Å²) in [5.74, 6) is 0.242. The van der Waals surface area contributed by atoms with Gasteiger partial charge in [0.25, 0.3) is 0 Å². The van der Waals surface area contributed by atoms with Gasteiger partial charge >= 0.3 is 0 Å². The van der Waals surface area contributed by atoms with Crippen LogP contribution < -0.4 is 0 Å². The molecule has 0 radical (unpaired) electrons. The summed E-state index contributed by atoms with van der Waals surface area (Å²) in [6.45, 7) is 9.03. The summed E-state index contributed by atoms with van der Waals surface area (Å²) in [6, 6.07) is 15.1. The van der Waals surface area contributed by atoms with E-state index in [4.69, 9.17) is 0 Å². The first-order valence-electron chi connectivity index (χ1n) is 10.3. The highest BCUT2D eigenvalue weighted by Gasteiger charge is 2.32. The molecule has 2 aromatic rings. The molecule has 0 heterocycles. The minimum absolute atomic E-state index is 0.153. The smallest absolute Gasteiger partial charge is 0.189 e. The van der Waals surface area contributed by atoms with Gasteiger partial charge in [0.15, 0.2) is 5.78 Å². The third-order valence-corrected chi connectivity index (χ3v) is 6.41. The van der Waals surface area contributed by atoms with Crippen molar-refractivity contribution in [3.05, 3.63) is 70.8 Å². The predicted octanol–water partition coefficient (Wildman–Crippen LogP) is 6.90. The van der Waals surface area contributed by atoms with Crippen LogP contribution in [0.25, 0.3) is 11.1 Å². The summed E-state index contributed by atoms with van der Waals surface area (Å²) in [4.78, 5) is 13.0. The summed E-state index contributed by atoms with van der Waals surface area (Å²) >= 11 is 0. The fourth-order valence-corrected chi connectivity index (χ4v) is 4.72. The van der Waals surface area contributed by atoms with Gasteiger partial charge in [0.1, 0.15) is 0 Å². The molecule has 1 nitrogen and oxygen atoms in total. The molecule has 27 heavy (non-hydrogen) atoms. The molecule has 2 aliphatic carbocycles. The number of benzene rings is 2. The Morgan fingerprint density at radius 3 is 2.19 bits per heavy atom. The maximum absolute atomic E-state index is 13.0. The lowest BCUT2D eigenvalue weighted by atomic mass is 9.85. The Balaban J connectivity index is 1.70. The first-order valence-corrected chi connectivity index (χ1v) is 10.3. The number of Topliss-reactive ketones (excluding diaryl/α,β-unsaturated/α-hetero) is 1. The average molecular weight is 359 g/mol. The van der Waals surface area contributed by atoms with E-state index in [2.05, 4.69) is 64.1 Å². The Hall–Kier alpha value is -2.15. The SMILES string of the molecule is CC1(/C=C2\Cc3c(cccc3-c3ccc(C(C)(C)C)cc3)C2=O)CCCC1. The Morgan fingerprint density at radius 2 is 1.56 bits per heavy atom. The van der Waals surface area contributed by atoms with Crippen LogP contribution in [0.15, 0.2) is 54.1 Å². The van der Waals surface area contributed by atoms with Gasteiger partial charge in [0.05, 0.1) is 0 Å². The van der Waals surface area contributed by atoms with E-state index in [0.29, 0.717) is 0 Å². The monoisotopic (exact) mass is 358 g/mol. The Morgan fingerprint density at radius 1 is 0.926 bits per heavy atom. The van der Waals surface area contributed by atoms with Crippen molar-refractivity contribution in [2.45, 2.75) is 65.2 Å². The first kappa shape index (κ1) is 18.2. The second kappa shape index (κ2) is 6.48. The minimum atomic E-state index is 0.153. The molecule has 0 aromatic heterocycles. The molecular weight excluding hydrogens is 328 g/mol. The molecule has 0 N–H and O–H groups in total. The van der Waals surface area contributed by atoms with E-state index < -0.39 is 0 Å². The van der Waals surface area contributed by atoms with E-state index in [1.165, 1.54) is 47.9 Å². The van der Waals surface area contributed by atoms with Gasteiger partial charge in [0.2, 0.25) is 0 Å². The molecule has 0 amide bonds. The second-order valence-electron chi connectivity index (χ2n) is 9.70. The number of fused-ring (bicyclic) bond motifs is 1. The molecule has 0 aliphatic heterocycles. The van der Waals surface area contributed by atoms with Gasteiger partial charge < -0.3 is 0 Å². The Kier molecular flexibility index (Phi) is 4.37. The maximum Gasteiger partial charge on any atom is 0.189 e. The molecule has 1 heteroatoms. The van der Waals surface area contributed by atoms with Gasteiger partial charge in [-0.1, -0.05) is 89.1 Å². The molecule has 0 unspecified atom stereocenters. The highest BCUT2D eigenvalue weighted by atomic mass is 16.1. The van der Waals surface area contributed by atoms with Gasteiger partial charge in [-0.25, -0.2) is 0 Å². The van der Waals surface area contributed by atoms with E-state index in [1.807, 2.05) is 12.1 Å². The van der Waals surface area contributed by atoms with Crippen molar-refractivity contribution in [2.24, 2.45) is 5.41 Å². The van der Waals surface area contributed by atoms with Crippen LogP contribution in [0.2, 0.25) is 0 Å². The van der Waals surface area contributed by atoms with Crippen molar-refractivity contribution in [3.63, 3.8) is 0 Å². The maximum atomic E-state index is 13.0. The number of hydrogen-bond donors (Lipinski definition) is 0. The summed E-state index contributed by atoms with van der Waals surface area (Å²) in [5, 5.41) is 0. The van der Waals surface area contributed by atoms with E-state index in [1.54, 1.807) is 0 Å². The van der Waals surface area contributed by atoms with Crippen molar-refractivity contribution in [3.8, 4) is 11.1 Å². The normalized spacial score (nSPS) is 20.3. The number of carbonyl (C=O) groups excluding carboxylic acids is 1. The van der Waals surface area contributed by atoms with Crippen LogP contribution in [0.4, 0.5) is 0 Å². The highest BCUT2D eigenvalue weighted by Crippen LogP contribution is 2.42. The van der Waals surface area contributed by atoms with Crippen LogP contribution in [0.5, 0.6) is 0 Å². The molecule has 140 valence electrons. The lowest BCUT2D eigenvalue weighted by molar-refractivity contribution is 0.103. The molecule has 0 saturated heterocycles. The van der Waals surface area contributed by atoms with Crippen LogP contribution in [0, 0.1) is 5.41 Å². The molecule has 1 saturated carbocycles. The van der Waals surface area contributed by atoms with Gasteiger partial charge in [-0.05, 0) is 45.9 Å². The van der Waals surface area contributed by atoms with Gasteiger partial charge in [-0.15, -0.1) is 0 Å². The van der Waals surface area contributed by atoms with Crippen LogP contribution in [-0.4, -0.2) is 5.78 Å². The molecule has 2 aromatic carbocycles. The topological polar surface area (TPSA) is 17.1 Å². The van der Waals surface area contributed by atoms with Crippen molar-refractivity contribution in [1.82, 2.24) is 0 Å². The predicted molar refractivity (Wildman–Crippen MR) is 113 cm³/mol. The summed E-state index contributed by atoms with van der Waals surface area (Å²) in [6.07, 6.45) is 8.07. The van der Waals surface area contributed by atoms with E-state index in [-0.39, 0.29) is 16.6 Å². The number of carbonyl (C=O) groups is 1. The van der Waals surface area contributed by atoms with Crippen LogP contribution in [-0.2, 0) is 11.8 Å². The molecule has 4 rings (SSSR count).